The highest BCUT2D eigenvalue weighted by molar-refractivity contribution is 5.78. The Morgan fingerprint density at radius 2 is 1.67 bits per heavy atom. The normalized spacial score (nSPS) is 35.4. The number of carboxylic acids is 1. The first-order valence-corrected chi connectivity index (χ1v) is 7.76. The molecule has 0 radical (unpaired) electrons. The van der Waals surface area contributed by atoms with Crippen LogP contribution in [0.3, 0.4) is 0 Å². The van der Waals surface area contributed by atoms with E-state index in [1.54, 1.807) is 0 Å². The van der Waals surface area contributed by atoms with E-state index in [1.165, 1.54) is 38.5 Å². The third-order valence-corrected chi connectivity index (χ3v) is 4.86. The van der Waals surface area contributed by atoms with Crippen LogP contribution in [0, 0.1) is 17.8 Å². The van der Waals surface area contributed by atoms with Crippen LogP contribution in [0.2, 0.25) is 0 Å². The van der Waals surface area contributed by atoms with E-state index >= 15 is 0 Å². The van der Waals surface area contributed by atoms with Crippen molar-refractivity contribution < 1.29 is 19.4 Å². The van der Waals surface area contributed by atoms with Crippen molar-refractivity contribution in [2.75, 3.05) is 6.61 Å². The summed E-state index contributed by atoms with van der Waals surface area (Å²) in [6, 6.07) is 0. The van der Waals surface area contributed by atoms with Crippen molar-refractivity contribution in [3.05, 3.63) is 12.7 Å². The van der Waals surface area contributed by atoms with Crippen molar-refractivity contribution in [1.82, 2.24) is 5.32 Å². The Kier molecular flexibility index (Phi) is 4.91. The zero-order valence-corrected chi connectivity index (χ0v) is 12.6. The van der Waals surface area contributed by atoms with Crippen LogP contribution in [0.25, 0.3) is 0 Å². The lowest BCUT2D eigenvalue weighted by Crippen LogP contribution is -2.59. The van der Waals surface area contributed by atoms with Crippen molar-refractivity contribution in [3.8, 4) is 0 Å². The van der Waals surface area contributed by atoms with Crippen LogP contribution in [0.5, 0.6) is 0 Å². The fourth-order valence-corrected chi connectivity index (χ4v) is 4.65. The highest BCUT2D eigenvalue weighted by atomic mass is 16.5. The van der Waals surface area contributed by atoms with Gasteiger partial charge >= 0.3 is 12.1 Å². The van der Waals surface area contributed by atoms with Crippen LogP contribution in [-0.2, 0) is 9.53 Å². The van der Waals surface area contributed by atoms with Gasteiger partial charge in [-0.2, -0.15) is 0 Å². The topological polar surface area (TPSA) is 75.6 Å². The molecule has 0 aromatic heterocycles. The first-order valence-electron chi connectivity index (χ1n) is 7.76. The first-order chi connectivity index (χ1) is 9.96. The molecule has 0 saturated heterocycles. The fourth-order valence-electron chi connectivity index (χ4n) is 4.65. The average molecular weight is 295 g/mol. The van der Waals surface area contributed by atoms with Crippen molar-refractivity contribution in [2.24, 2.45) is 17.8 Å². The Hall–Kier alpha value is -1.52. The van der Waals surface area contributed by atoms with E-state index in [-0.39, 0.29) is 11.6 Å². The Morgan fingerprint density at radius 1 is 1.24 bits per heavy atom. The maximum Gasteiger partial charge on any atom is 0.407 e. The molecule has 4 aliphatic carbocycles. The first kappa shape index (κ1) is 15.9. The Morgan fingerprint density at radius 3 is 2.00 bits per heavy atom. The van der Waals surface area contributed by atoms with Gasteiger partial charge in [0.25, 0.3) is 0 Å². The number of rotatable bonds is 3. The number of carboxylic acid groups (broad SMARTS) is 1. The summed E-state index contributed by atoms with van der Waals surface area (Å²) in [7, 11) is 0. The van der Waals surface area contributed by atoms with Crippen molar-refractivity contribution in [2.45, 2.75) is 51.0 Å². The second-order valence-electron chi connectivity index (χ2n) is 6.59. The van der Waals surface area contributed by atoms with Gasteiger partial charge in [-0.15, -0.1) is 0 Å². The van der Waals surface area contributed by atoms with E-state index in [2.05, 4.69) is 11.9 Å². The van der Waals surface area contributed by atoms with Gasteiger partial charge in [-0.05, 0) is 63.2 Å². The van der Waals surface area contributed by atoms with Crippen LogP contribution in [0.15, 0.2) is 12.7 Å². The van der Waals surface area contributed by atoms with Gasteiger partial charge in [-0.25, -0.2) is 9.59 Å². The van der Waals surface area contributed by atoms with E-state index in [9.17, 15) is 9.59 Å². The molecule has 21 heavy (non-hydrogen) atoms. The predicted molar refractivity (Wildman–Crippen MR) is 78.9 cm³/mol. The molecule has 118 valence electrons. The molecule has 5 heteroatoms. The standard InChI is InChI=1S/C13H21NO2.C3H4O2/c1-2-16-12(15)14-13-6-9-3-10(7-13)5-11(4-9)8-13;1-2-3(4)5/h9-11H,2-8H2,1H3,(H,14,15);2H,1H2,(H,4,5). The average Bonchev–Trinajstić information content (AvgIpc) is 2.37. The molecule has 0 aromatic rings. The SMILES string of the molecule is C=CC(=O)O.CCOC(=O)NC12CC3CC(CC(C3)C1)C2. The van der Waals surface area contributed by atoms with Gasteiger partial charge in [-0.1, -0.05) is 6.58 Å². The number of hydrogen-bond acceptors (Lipinski definition) is 3. The second kappa shape index (κ2) is 6.50. The Bertz CT molecular complexity index is 383. The summed E-state index contributed by atoms with van der Waals surface area (Å²) in [5, 5.41) is 10.8. The Balaban J connectivity index is 0.000000282. The highest BCUT2D eigenvalue weighted by Crippen LogP contribution is 2.55. The monoisotopic (exact) mass is 295 g/mol. The highest BCUT2D eigenvalue weighted by Gasteiger charge is 2.51. The molecule has 0 unspecified atom stereocenters. The summed E-state index contributed by atoms with van der Waals surface area (Å²) in [6.07, 6.45) is 8.43. The number of ether oxygens (including phenoxy) is 1. The zero-order valence-electron chi connectivity index (χ0n) is 12.6. The summed E-state index contributed by atoms with van der Waals surface area (Å²) in [5.41, 5.74) is 0.0982. The maximum atomic E-state index is 11.6. The molecule has 1 amide bonds. The molecule has 4 fully saturated rings. The van der Waals surface area contributed by atoms with Crippen LogP contribution in [0.1, 0.15) is 45.4 Å². The minimum atomic E-state index is -0.981. The molecule has 0 aliphatic heterocycles. The lowest BCUT2D eigenvalue weighted by molar-refractivity contribution is -0.131. The quantitative estimate of drug-likeness (QED) is 0.785. The molecule has 4 rings (SSSR count). The van der Waals surface area contributed by atoms with Crippen molar-refractivity contribution >= 4 is 12.1 Å². The zero-order chi connectivity index (χ0) is 15.5. The lowest BCUT2D eigenvalue weighted by atomic mass is 9.53. The van der Waals surface area contributed by atoms with Crippen LogP contribution in [0.4, 0.5) is 4.79 Å². The summed E-state index contributed by atoms with van der Waals surface area (Å²) < 4.78 is 5.03. The van der Waals surface area contributed by atoms with Crippen molar-refractivity contribution in [3.63, 3.8) is 0 Å². The van der Waals surface area contributed by atoms with E-state index in [1.807, 2.05) is 6.92 Å². The van der Waals surface area contributed by atoms with Crippen LogP contribution >= 0.6 is 0 Å². The number of carbonyl (C=O) groups is 2. The van der Waals surface area contributed by atoms with Gasteiger partial charge in [0.1, 0.15) is 0 Å². The van der Waals surface area contributed by atoms with Gasteiger partial charge in [0, 0.05) is 11.6 Å². The molecule has 0 atom stereocenters. The smallest absolute Gasteiger partial charge is 0.407 e. The summed E-state index contributed by atoms with van der Waals surface area (Å²) in [6.45, 7) is 5.29. The van der Waals surface area contributed by atoms with Crippen LogP contribution < -0.4 is 5.32 Å². The number of hydrogen-bond donors (Lipinski definition) is 2. The largest absolute Gasteiger partial charge is 0.478 e. The lowest BCUT2D eigenvalue weighted by Gasteiger charge is -2.56. The molecular weight excluding hydrogens is 270 g/mol. The number of carbonyl (C=O) groups excluding carboxylic acids is 1. The summed E-state index contributed by atoms with van der Waals surface area (Å²) >= 11 is 0. The Labute approximate surface area is 125 Å². The molecule has 0 aromatic carbocycles. The minimum absolute atomic E-state index is 0.0982. The van der Waals surface area contributed by atoms with E-state index < -0.39 is 5.97 Å². The molecule has 4 saturated carbocycles. The molecule has 0 heterocycles. The third-order valence-electron chi connectivity index (χ3n) is 4.86. The molecule has 2 N–H and O–H groups in total. The molecule has 5 nitrogen and oxygen atoms in total. The number of aliphatic carboxylic acids is 1. The molecular formula is C16H25NO4. The fraction of sp³-hybridized carbons (Fsp3) is 0.750. The van der Waals surface area contributed by atoms with Gasteiger partial charge < -0.3 is 15.2 Å². The number of amides is 1. The molecule has 0 spiro atoms. The van der Waals surface area contributed by atoms with Gasteiger partial charge in [0.15, 0.2) is 0 Å². The second-order valence-corrected chi connectivity index (χ2v) is 6.59. The minimum Gasteiger partial charge on any atom is -0.478 e. The van der Waals surface area contributed by atoms with Gasteiger partial charge in [-0.3, -0.25) is 0 Å². The van der Waals surface area contributed by atoms with E-state index in [0.717, 1.165) is 23.8 Å². The van der Waals surface area contributed by atoms with E-state index in [4.69, 9.17) is 9.84 Å². The van der Waals surface area contributed by atoms with Gasteiger partial charge in [0.05, 0.1) is 6.61 Å². The third kappa shape index (κ3) is 3.99. The summed E-state index contributed by atoms with van der Waals surface area (Å²) in [5.74, 6) is 1.62. The summed E-state index contributed by atoms with van der Waals surface area (Å²) in [4.78, 5) is 20.8. The number of alkyl carbamates (subject to hydrolysis) is 1. The predicted octanol–water partition coefficient (Wildman–Crippen LogP) is 2.96. The molecule has 4 bridgehead atoms. The molecule has 4 aliphatic rings. The van der Waals surface area contributed by atoms with Crippen LogP contribution in [-0.4, -0.2) is 29.3 Å². The van der Waals surface area contributed by atoms with Crippen molar-refractivity contribution in [1.29, 1.82) is 0 Å². The van der Waals surface area contributed by atoms with Gasteiger partial charge in [0.2, 0.25) is 0 Å². The maximum absolute atomic E-state index is 11.6. The van der Waals surface area contributed by atoms with E-state index in [0.29, 0.717) is 6.61 Å². The number of nitrogens with one attached hydrogen (secondary N) is 1.